The van der Waals surface area contributed by atoms with Gasteiger partial charge in [-0.05, 0) is 128 Å². The minimum atomic E-state index is -0.595. The van der Waals surface area contributed by atoms with Gasteiger partial charge in [-0.2, -0.15) is 0 Å². The Morgan fingerprint density at radius 2 is 0.636 bits per heavy atom. The third kappa shape index (κ3) is 52.4. The zero-order chi connectivity index (χ0) is 47.7. The maximum atomic E-state index is 12.8. The van der Waals surface area contributed by atoms with Gasteiger partial charge in [0.15, 0.2) is 6.10 Å². The summed E-state index contributed by atoms with van der Waals surface area (Å²) in [5, 5.41) is 0. The predicted octanol–water partition coefficient (Wildman–Crippen LogP) is 18.1. The normalized spacial score (nSPS) is 13.4. The molecule has 0 radical (unpaired) electrons. The molecule has 0 saturated heterocycles. The first kappa shape index (κ1) is 61.8. The molecular formula is C61H96O5. The van der Waals surface area contributed by atoms with Crippen LogP contribution in [0.1, 0.15) is 201 Å². The van der Waals surface area contributed by atoms with Gasteiger partial charge in [-0.15, -0.1) is 0 Å². The summed E-state index contributed by atoms with van der Waals surface area (Å²) in [6.07, 6.45) is 80.1. The lowest BCUT2D eigenvalue weighted by atomic mass is 10.1. The number of hydrogen-bond acceptors (Lipinski definition) is 5. The Morgan fingerprint density at radius 1 is 0.333 bits per heavy atom. The Balaban J connectivity index is 4.44. The second-order valence-electron chi connectivity index (χ2n) is 16.6. The molecular weight excluding hydrogens is 813 g/mol. The molecule has 0 N–H and O–H groups in total. The van der Waals surface area contributed by atoms with E-state index in [1.54, 1.807) is 0 Å². The Kier molecular flexibility index (Phi) is 51.6. The summed E-state index contributed by atoms with van der Waals surface area (Å²) in [6.45, 7) is 7.28. The van der Waals surface area contributed by atoms with Crippen LogP contribution in [-0.2, 0) is 23.8 Å². The zero-order valence-corrected chi connectivity index (χ0v) is 42.4. The fraction of sp³-hybridized carbons (Fsp3) is 0.574. The molecule has 0 spiro atoms. The van der Waals surface area contributed by atoms with Crippen molar-refractivity contribution in [1.29, 1.82) is 0 Å². The molecule has 0 heterocycles. The van der Waals surface area contributed by atoms with E-state index in [1.165, 1.54) is 19.3 Å². The van der Waals surface area contributed by atoms with E-state index in [4.69, 9.17) is 14.2 Å². The van der Waals surface area contributed by atoms with E-state index in [0.717, 1.165) is 148 Å². The highest BCUT2D eigenvalue weighted by Crippen LogP contribution is 2.12. The lowest BCUT2D eigenvalue weighted by Crippen LogP contribution is -2.30. The average Bonchev–Trinajstić information content (AvgIpc) is 3.32. The fourth-order valence-electron chi connectivity index (χ4n) is 6.55. The van der Waals surface area contributed by atoms with E-state index in [-0.39, 0.29) is 25.2 Å². The van der Waals surface area contributed by atoms with E-state index in [1.807, 2.05) is 0 Å². The predicted molar refractivity (Wildman–Crippen MR) is 288 cm³/mol. The van der Waals surface area contributed by atoms with Crippen molar-refractivity contribution in [1.82, 2.24) is 0 Å². The van der Waals surface area contributed by atoms with Gasteiger partial charge in [0, 0.05) is 19.4 Å². The third-order valence-corrected chi connectivity index (χ3v) is 10.4. The molecule has 0 amide bonds. The highest BCUT2D eigenvalue weighted by atomic mass is 16.6. The van der Waals surface area contributed by atoms with Crippen molar-refractivity contribution in [2.24, 2.45) is 0 Å². The molecule has 0 aromatic heterocycles. The van der Waals surface area contributed by atoms with Crippen molar-refractivity contribution in [3.63, 3.8) is 0 Å². The minimum absolute atomic E-state index is 0.0353. The standard InChI is InChI=1S/C61H96O5/c1-4-7-10-13-16-19-22-25-28-30-31-33-34-36-39-42-45-48-51-54-60(62)65-58-59(57-64-56-53-50-47-44-41-38-27-24-21-18-15-12-9-6-3)66-61(63)55-52-49-46-43-40-37-35-32-29-26-23-20-17-14-11-8-5-2/h7-12,16-21,25-29,31,33,35,37-38,44,47,59H,4-6,13-15,22-24,30,32,34,36,39-43,45-46,48-58H2,1-3H3/b10-7-,11-8-,12-9-,19-16-,20-17-,21-18-,28-25-,29-26-,33-31-,37-35-,38-27-,47-44-. The number of esters is 2. The molecule has 0 fully saturated rings. The number of hydrogen-bond donors (Lipinski definition) is 0. The van der Waals surface area contributed by atoms with E-state index in [9.17, 15) is 9.59 Å². The van der Waals surface area contributed by atoms with Gasteiger partial charge < -0.3 is 14.2 Å². The van der Waals surface area contributed by atoms with E-state index >= 15 is 0 Å². The molecule has 0 aliphatic rings. The van der Waals surface area contributed by atoms with Crippen LogP contribution in [0.2, 0.25) is 0 Å². The summed E-state index contributed by atoms with van der Waals surface area (Å²) in [5.41, 5.74) is 0. The first-order valence-corrected chi connectivity index (χ1v) is 26.4. The van der Waals surface area contributed by atoms with Crippen LogP contribution in [0.4, 0.5) is 0 Å². The lowest BCUT2D eigenvalue weighted by molar-refractivity contribution is -0.163. The van der Waals surface area contributed by atoms with Crippen LogP contribution in [0.5, 0.6) is 0 Å². The van der Waals surface area contributed by atoms with E-state index < -0.39 is 6.10 Å². The van der Waals surface area contributed by atoms with Crippen molar-refractivity contribution in [2.75, 3.05) is 19.8 Å². The maximum absolute atomic E-state index is 12.8. The molecule has 0 bridgehead atoms. The number of carbonyl (C=O) groups excluding carboxylic acids is 2. The van der Waals surface area contributed by atoms with Crippen LogP contribution in [0.3, 0.4) is 0 Å². The van der Waals surface area contributed by atoms with Gasteiger partial charge in [0.05, 0.1) is 6.61 Å². The molecule has 0 rings (SSSR count). The van der Waals surface area contributed by atoms with E-state index in [2.05, 4.69) is 167 Å². The second-order valence-corrected chi connectivity index (χ2v) is 16.6. The molecule has 0 aliphatic carbocycles. The summed E-state index contributed by atoms with van der Waals surface area (Å²) in [6, 6.07) is 0. The van der Waals surface area contributed by atoms with Crippen molar-refractivity contribution in [2.45, 2.75) is 207 Å². The summed E-state index contributed by atoms with van der Waals surface area (Å²) in [7, 11) is 0. The van der Waals surface area contributed by atoms with Crippen LogP contribution in [-0.4, -0.2) is 37.9 Å². The largest absolute Gasteiger partial charge is 0.462 e. The molecule has 0 aromatic rings. The van der Waals surface area contributed by atoms with Gasteiger partial charge >= 0.3 is 11.9 Å². The number of rotatable bonds is 46. The maximum Gasteiger partial charge on any atom is 0.306 e. The molecule has 66 heavy (non-hydrogen) atoms. The second kappa shape index (κ2) is 55.1. The van der Waals surface area contributed by atoms with Crippen molar-refractivity contribution in [3.8, 4) is 0 Å². The van der Waals surface area contributed by atoms with Crippen LogP contribution >= 0.6 is 0 Å². The van der Waals surface area contributed by atoms with Crippen molar-refractivity contribution in [3.05, 3.63) is 146 Å². The van der Waals surface area contributed by atoms with Crippen LogP contribution in [0.15, 0.2) is 146 Å². The molecule has 0 aliphatic heterocycles. The van der Waals surface area contributed by atoms with Gasteiger partial charge in [0.1, 0.15) is 6.61 Å². The van der Waals surface area contributed by atoms with Crippen molar-refractivity contribution < 1.29 is 23.8 Å². The van der Waals surface area contributed by atoms with Crippen molar-refractivity contribution >= 4 is 11.9 Å². The Labute approximate surface area is 406 Å². The average molecular weight is 909 g/mol. The highest BCUT2D eigenvalue weighted by molar-refractivity contribution is 5.70. The smallest absolute Gasteiger partial charge is 0.306 e. The molecule has 0 saturated carbocycles. The monoisotopic (exact) mass is 909 g/mol. The number of unbranched alkanes of at least 4 members (excludes halogenated alkanes) is 11. The summed E-state index contributed by atoms with van der Waals surface area (Å²) in [4.78, 5) is 25.5. The molecule has 1 atom stereocenters. The number of carbonyl (C=O) groups is 2. The Bertz CT molecular complexity index is 1450. The van der Waals surface area contributed by atoms with Gasteiger partial charge in [0.2, 0.25) is 0 Å². The van der Waals surface area contributed by atoms with Crippen LogP contribution < -0.4 is 0 Å². The van der Waals surface area contributed by atoms with Gasteiger partial charge in [-0.3, -0.25) is 9.59 Å². The van der Waals surface area contributed by atoms with Gasteiger partial charge in [0.25, 0.3) is 0 Å². The molecule has 5 nitrogen and oxygen atoms in total. The third-order valence-electron chi connectivity index (χ3n) is 10.4. The molecule has 1 unspecified atom stereocenters. The molecule has 0 aromatic carbocycles. The Hall–Kier alpha value is -4.22. The molecule has 5 heteroatoms. The topological polar surface area (TPSA) is 61.8 Å². The Morgan fingerprint density at radius 3 is 1.02 bits per heavy atom. The summed E-state index contributed by atoms with van der Waals surface area (Å²) < 4.78 is 17.3. The van der Waals surface area contributed by atoms with Crippen LogP contribution in [0.25, 0.3) is 0 Å². The highest BCUT2D eigenvalue weighted by Gasteiger charge is 2.17. The number of allylic oxidation sites excluding steroid dienone is 24. The number of ether oxygens (including phenoxy) is 3. The first-order valence-electron chi connectivity index (χ1n) is 26.4. The van der Waals surface area contributed by atoms with Crippen LogP contribution in [0, 0.1) is 0 Å². The van der Waals surface area contributed by atoms with Gasteiger partial charge in [-0.25, -0.2) is 0 Å². The lowest BCUT2D eigenvalue weighted by Gasteiger charge is -2.18. The summed E-state index contributed by atoms with van der Waals surface area (Å²) >= 11 is 0. The SMILES string of the molecule is CC/C=C\C/C=C\C/C=C\C/C=C\CCCCCCCCC(=O)OCC(COCCC/C=C\C/C=C\C/C=C\C/C=C\CC)OC(=O)CCCCCC/C=C\C/C=C\C/C=C\C/C=C\CC. The summed E-state index contributed by atoms with van der Waals surface area (Å²) in [5.74, 6) is -0.483. The van der Waals surface area contributed by atoms with E-state index in [0.29, 0.717) is 19.4 Å². The fourth-order valence-corrected chi connectivity index (χ4v) is 6.55. The first-order chi connectivity index (χ1) is 32.6. The minimum Gasteiger partial charge on any atom is -0.462 e. The quantitative estimate of drug-likeness (QED) is 0.0346. The molecule has 370 valence electrons. The zero-order valence-electron chi connectivity index (χ0n) is 42.4. The van der Waals surface area contributed by atoms with Gasteiger partial charge in [-0.1, -0.05) is 205 Å².